The van der Waals surface area contributed by atoms with Crippen molar-refractivity contribution in [1.82, 2.24) is 15.8 Å². The van der Waals surface area contributed by atoms with Crippen molar-refractivity contribution in [1.29, 1.82) is 0 Å². The number of nitrogens with zero attached hydrogens (tertiary/aromatic N) is 2. The molecule has 2 N–H and O–H groups in total. The zero-order valence-corrected chi connectivity index (χ0v) is 15.6. The minimum absolute atomic E-state index is 0.0264. The number of aryl methyl sites for hydroxylation is 1. The normalized spacial score (nSPS) is 13.0. The van der Waals surface area contributed by atoms with Crippen LogP contribution in [-0.4, -0.2) is 17.7 Å². The van der Waals surface area contributed by atoms with Crippen LogP contribution in [0.3, 0.4) is 0 Å². The van der Waals surface area contributed by atoms with E-state index >= 15 is 0 Å². The number of benzene rings is 1. The zero-order valence-electron chi connectivity index (χ0n) is 14.1. The Morgan fingerprint density at radius 1 is 1.25 bits per heavy atom. The van der Waals surface area contributed by atoms with E-state index in [9.17, 15) is 0 Å². The maximum atomic E-state index is 6.09. The Morgan fingerprint density at radius 3 is 2.67 bits per heavy atom. The highest BCUT2D eigenvalue weighted by Gasteiger charge is 2.10. The molecule has 24 heavy (non-hydrogen) atoms. The monoisotopic (exact) mass is 368 g/mol. The minimum Gasteiger partial charge on any atom is -0.359 e. The van der Waals surface area contributed by atoms with Gasteiger partial charge in [0.05, 0.1) is 21.8 Å². The standard InChI is InChI=1S/C17H22Cl2N4O/c1-4-13-9-14(24-23-13)10-21-17(20-5-2)22-11(3)12-6-7-15(18)16(19)8-12/h6-9,11H,4-5,10H2,1-3H3,(H2,20,21,22). The lowest BCUT2D eigenvalue weighted by atomic mass is 10.1. The largest absolute Gasteiger partial charge is 0.359 e. The van der Waals surface area contributed by atoms with Crippen molar-refractivity contribution in [2.45, 2.75) is 39.8 Å². The van der Waals surface area contributed by atoms with E-state index in [2.05, 4.69) is 20.8 Å². The highest BCUT2D eigenvalue weighted by molar-refractivity contribution is 6.42. The van der Waals surface area contributed by atoms with Crippen LogP contribution in [0.2, 0.25) is 10.0 Å². The lowest BCUT2D eigenvalue weighted by Crippen LogP contribution is -2.38. The van der Waals surface area contributed by atoms with Gasteiger partial charge in [-0.1, -0.05) is 41.3 Å². The van der Waals surface area contributed by atoms with Crippen LogP contribution >= 0.6 is 23.2 Å². The van der Waals surface area contributed by atoms with E-state index in [1.165, 1.54) is 0 Å². The third-order valence-corrected chi connectivity index (χ3v) is 4.24. The summed E-state index contributed by atoms with van der Waals surface area (Å²) in [5.74, 6) is 1.44. The molecule has 0 saturated heterocycles. The highest BCUT2D eigenvalue weighted by Crippen LogP contribution is 2.25. The second-order valence-electron chi connectivity index (χ2n) is 5.37. The molecule has 5 nitrogen and oxygen atoms in total. The maximum absolute atomic E-state index is 6.09. The third-order valence-electron chi connectivity index (χ3n) is 3.50. The summed E-state index contributed by atoms with van der Waals surface area (Å²) in [4.78, 5) is 4.54. The summed E-state index contributed by atoms with van der Waals surface area (Å²) in [5.41, 5.74) is 1.96. The van der Waals surface area contributed by atoms with Gasteiger partial charge >= 0.3 is 0 Å². The van der Waals surface area contributed by atoms with Crippen molar-refractivity contribution in [3.8, 4) is 0 Å². The summed E-state index contributed by atoms with van der Waals surface area (Å²) < 4.78 is 5.26. The molecule has 0 radical (unpaired) electrons. The SMILES string of the molecule is CCNC(=NCc1cc(CC)no1)NC(C)c1ccc(Cl)c(Cl)c1. The molecule has 1 aromatic heterocycles. The minimum atomic E-state index is 0.0264. The molecule has 0 aliphatic heterocycles. The van der Waals surface area contributed by atoms with Gasteiger partial charge in [-0.25, -0.2) is 4.99 Å². The van der Waals surface area contributed by atoms with Gasteiger partial charge in [0.15, 0.2) is 11.7 Å². The molecule has 1 heterocycles. The van der Waals surface area contributed by atoms with Crippen LogP contribution < -0.4 is 10.6 Å². The van der Waals surface area contributed by atoms with Gasteiger partial charge in [-0.2, -0.15) is 0 Å². The number of hydrogen-bond donors (Lipinski definition) is 2. The van der Waals surface area contributed by atoms with Crippen molar-refractivity contribution in [2.24, 2.45) is 4.99 Å². The molecule has 0 aliphatic rings. The van der Waals surface area contributed by atoms with E-state index in [4.69, 9.17) is 27.7 Å². The number of halogens is 2. The van der Waals surface area contributed by atoms with Crippen LogP contribution in [0.4, 0.5) is 0 Å². The molecule has 2 rings (SSSR count). The predicted octanol–water partition coefficient (Wildman–Crippen LogP) is 4.36. The van der Waals surface area contributed by atoms with E-state index in [-0.39, 0.29) is 6.04 Å². The van der Waals surface area contributed by atoms with Crippen LogP contribution in [0, 0.1) is 0 Å². The quantitative estimate of drug-likeness (QED) is 0.587. The fourth-order valence-electron chi connectivity index (χ4n) is 2.14. The third kappa shape index (κ3) is 5.14. The average Bonchev–Trinajstić information content (AvgIpc) is 3.03. The Bertz CT molecular complexity index is 700. The summed E-state index contributed by atoms with van der Waals surface area (Å²) in [7, 11) is 0. The molecule has 0 saturated carbocycles. The van der Waals surface area contributed by atoms with Gasteiger partial charge in [0.2, 0.25) is 0 Å². The molecule has 130 valence electrons. The number of nitrogens with one attached hydrogen (secondary N) is 2. The van der Waals surface area contributed by atoms with Crippen molar-refractivity contribution in [3.05, 3.63) is 51.3 Å². The van der Waals surface area contributed by atoms with Gasteiger partial charge in [0.1, 0.15) is 6.54 Å². The molecule has 0 fully saturated rings. The Hall–Kier alpha value is -1.72. The first kappa shape index (κ1) is 18.6. The fraction of sp³-hybridized carbons (Fsp3) is 0.412. The average molecular weight is 369 g/mol. The van der Waals surface area contributed by atoms with Crippen molar-refractivity contribution < 1.29 is 4.52 Å². The van der Waals surface area contributed by atoms with Crippen molar-refractivity contribution in [2.75, 3.05) is 6.54 Å². The van der Waals surface area contributed by atoms with Crippen LogP contribution in [0.5, 0.6) is 0 Å². The summed E-state index contributed by atoms with van der Waals surface area (Å²) in [5, 5.41) is 11.6. The van der Waals surface area contributed by atoms with Crippen molar-refractivity contribution >= 4 is 29.2 Å². The molecule has 0 spiro atoms. The Kier molecular flexibility index (Phi) is 6.94. The molecule has 7 heteroatoms. The number of guanidine groups is 1. The van der Waals surface area contributed by atoms with E-state index in [1.807, 2.05) is 39.0 Å². The Morgan fingerprint density at radius 2 is 2.04 bits per heavy atom. The molecule has 1 unspecified atom stereocenters. The maximum Gasteiger partial charge on any atom is 0.192 e. The van der Waals surface area contributed by atoms with Crippen LogP contribution in [-0.2, 0) is 13.0 Å². The van der Waals surface area contributed by atoms with Crippen LogP contribution in [0.25, 0.3) is 0 Å². The first-order valence-electron chi connectivity index (χ1n) is 7.97. The zero-order chi connectivity index (χ0) is 17.5. The predicted molar refractivity (Wildman–Crippen MR) is 98.7 cm³/mol. The van der Waals surface area contributed by atoms with Crippen molar-refractivity contribution in [3.63, 3.8) is 0 Å². The fourth-order valence-corrected chi connectivity index (χ4v) is 2.45. The number of aliphatic imine (C=N–C) groups is 1. The smallest absolute Gasteiger partial charge is 0.192 e. The molecule has 0 amide bonds. The van der Waals surface area contributed by atoms with E-state index in [1.54, 1.807) is 6.07 Å². The summed E-state index contributed by atoms with van der Waals surface area (Å²) in [6, 6.07) is 7.55. The van der Waals surface area contributed by atoms with Crippen LogP contribution in [0.1, 0.15) is 43.8 Å². The first-order valence-corrected chi connectivity index (χ1v) is 8.73. The van der Waals surface area contributed by atoms with E-state index in [0.717, 1.165) is 30.0 Å². The van der Waals surface area contributed by atoms with Gasteiger partial charge in [0.25, 0.3) is 0 Å². The Labute approximate surface area is 152 Å². The molecule has 2 aromatic rings. The lowest BCUT2D eigenvalue weighted by Gasteiger charge is -2.18. The summed E-state index contributed by atoms with van der Waals surface area (Å²) in [6.45, 7) is 7.28. The number of aromatic nitrogens is 1. The van der Waals surface area contributed by atoms with Gasteiger partial charge in [0, 0.05) is 12.6 Å². The van der Waals surface area contributed by atoms with Gasteiger partial charge < -0.3 is 15.2 Å². The van der Waals surface area contributed by atoms with E-state index < -0.39 is 0 Å². The second kappa shape index (κ2) is 8.94. The molecule has 0 bridgehead atoms. The summed E-state index contributed by atoms with van der Waals surface area (Å²) in [6.07, 6.45) is 0.847. The Balaban J connectivity index is 2.05. The van der Waals surface area contributed by atoms with E-state index in [0.29, 0.717) is 22.5 Å². The first-order chi connectivity index (χ1) is 11.5. The number of hydrogen-bond acceptors (Lipinski definition) is 3. The summed E-state index contributed by atoms with van der Waals surface area (Å²) >= 11 is 12.1. The lowest BCUT2D eigenvalue weighted by molar-refractivity contribution is 0.379. The van der Waals surface area contributed by atoms with Gasteiger partial charge in [-0.05, 0) is 38.0 Å². The molecule has 1 aromatic carbocycles. The molecule has 0 aliphatic carbocycles. The van der Waals surface area contributed by atoms with Gasteiger partial charge in [-0.15, -0.1) is 0 Å². The second-order valence-corrected chi connectivity index (χ2v) is 6.19. The highest BCUT2D eigenvalue weighted by atomic mass is 35.5. The number of rotatable bonds is 6. The topological polar surface area (TPSA) is 62.5 Å². The molecular formula is C17H22Cl2N4O. The molecular weight excluding hydrogens is 347 g/mol. The van der Waals surface area contributed by atoms with Gasteiger partial charge in [-0.3, -0.25) is 0 Å². The molecule has 1 atom stereocenters. The van der Waals surface area contributed by atoms with Crippen LogP contribution in [0.15, 0.2) is 33.8 Å².